The lowest BCUT2D eigenvalue weighted by molar-refractivity contribution is -0.126. The fraction of sp³-hybridized carbons (Fsp3) is 0.769. The number of carbonyl (C=O) groups excluding carboxylic acids is 1. The van der Waals surface area contributed by atoms with Crippen LogP contribution in [0.3, 0.4) is 0 Å². The van der Waals surface area contributed by atoms with E-state index in [0.29, 0.717) is 18.4 Å². The average molecular weight is 211 g/mol. The van der Waals surface area contributed by atoms with Gasteiger partial charge in [-0.2, -0.15) is 0 Å². The summed E-state index contributed by atoms with van der Waals surface area (Å²) in [5.74, 6) is 1.35. The first-order valence-electron chi connectivity index (χ1n) is 5.91. The standard InChI is InChI=1S/C13H25NO/c1-6-8-14-13(15)12(9-10(3)4)11(5)7-2/h6,10-12H,1,7-9H2,2-5H3,(H,14,15). The monoisotopic (exact) mass is 211 g/mol. The van der Waals surface area contributed by atoms with Crippen molar-refractivity contribution < 1.29 is 4.79 Å². The molecule has 2 heteroatoms. The van der Waals surface area contributed by atoms with E-state index in [1.807, 2.05) is 0 Å². The minimum Gasteiger partial charge on any atom is -0.352 e. The maximum atomic E-state index is 11.9. The lowest BCUT2D eigenvalue weighted by Crippen LogP contribution is -2.35. The van der Waals surface area contributed by atoms with Gasteiger partial charge in [-0.1, -0.05) is 40.2 Å². The first kappa shape index (κ1) is 14.2. The van der Waals surface area contributed by atoms with Gasteiger partial charge in [-0.3, -0.25) is 4.79 Å². The molecule has 2 unspecified atom stereocenters. The molecule has 0 aromatic rings. The second-order valence-electron chi connectivity index (χ2n) is 4.66. The van der Waals surface area contributed by atoms with Crippen LogP contribution in [0.1, 0.15) is 40.5 Å². The van der Waals surface area contributed by atoms with Gasteiger partial charge in [-0.05, 0) is 18.3 Å². The molecular weight excluding hydrogens is 186 g/mol. The molecule has 0 saturated carbocycles. The Labute approximate surface area is 94.1 Å². The summed E-state index contributed by atoms with van der Waals surface area (Å²) in [5.41, 5.74) is 0. The van der Waals surface area contributed by atoms with E-state index in [4.69, 9.17) is 0 Å². The molecule has 0 aromatic heterocycles. The van der Waals surface area contributed by atoms with Gasteiger partial charge < -0.3 is 5.32 Å². The van der Waals surface area contributed by atoms with E-state index in [0.717, 1.165) is 12.8 Å². The van der Waals surface area contributed by atoms with Gasteiger partial charge in [0.1, 0.15) is 0 Å². The van der Waals surface area contributed by atoms with Crippen LogP contribution >= 0.6 is 0 Å². The van der Waals surface area contributed by atoms with Gasteiger partial charge in [0.25, 0.3) is 0 Å². The van der Waals surface area contributed by atoms with Crippen LogP contribution in [0, 0.1) is 17.8 Å². The minimum atomic E-state index is 0.148. The van der Waals surface area contributed by atoms with Crippen LogP contribution in [0.25, 0.3) is 0 Å². The number of carbonyl (C=O) groups is 1. The third-order valence-corrected chi connectivity index (χ3v) is 2.81. The van der Waals surface area contributed by atoms with Crippen molar-refractivity contribution in [3.8, 4) is 0 Å². The highest BCUT2D eigenvalue weighted by atomic mass is 16.1. The largest absolute Gasteiger partial charge is 0.352 e. The van der Waals surface area contributed by atoms with E-state index < -0.39 is 0 Å². The molecule has 15 heavy (non-hydrogen) atoms. The van der Waals surface area contributed by atoms with Gasteiger partial charge >= 0.3 is 0 Å². The maximum absolute atomic E-state index is 11.9. The van der Waals surface area contributed by atoms with Crippen LogP contribution in [0.2, 0.25) is 0 Å². The van der Waals surface area contributed by atoms with Crippen molar-refractivity contribution >= 4 is 5.91 Å². The van der Waals surface area contributed by atoms with Crippen molar-refractivity contribution in [3.63, 3.8) is 0 Å². The molecule has 1 N–H and O–H groups in total. The summed E-state index contributed by atoms with van der Waals surface area (Å²) in [6.07, 6.45) is 3.75. The third kappa shape index (κ3) is 5.60. The Hall–Kier alpha value is -0.790. The summed E-state index contributed by atoms with van der Waals surface area (Å²) in [5, 5.41) is 2.90. The molecule has 88 valence electrons. The lowest BCUT2D eigenvalue weighted by atomic mass is 9.84. The molecule has 0 fully saturated rings. The van der Waals surface area contributed by atoms with Gasteiger partial charge in [0.05, 0.1) is 0 Å². The SMILES string of the molecule is C=CCNC(=O)C(CC(C)C)C(C)CC. The second kappa shape index (κ2) is 7.49. The summed E-state index contributed by atoms with van der Waals surface area (Å²) in [6.45, 7) is 12.8. The van der Waals surface area contributed by atoms with Crippen LogP contribution in [0.5, 0.6) is 0 Å². The summed E-state index contributed by atoms with van der Waals surface area (Å²) >= 11 is 0. The smallest absolute Gasteiger partial charge is 0.223 e. The summed E-state index contributed by atoms with van der Waals surface area (Å²) < 4.78 is 0. The fourth-order valence-electron chi connectivity index (χ4n) is 1.69. The van der Waals surface area contributed by atoms with Gasteiger partial charge in [0, 0.05) is 12.5 Å². The van der Waals surface area contributed by atoms with E-state index in [-0.39, 0.29) is 11.8 Å². The minimum absolute atomic E-state index is 0.148. The van der Waals surface area contributed by atoms with E-state index in [1.165, 1.54) is 0 Å². The van der Waals surface area contributed by atoms with Crippen molar-refractivity contribution in [1.29, 1.82) is 0 Å². The molecule has 0 heterocycles. The molecule has 0 radical (unpaired) electrons. The van der Waals surface area contributed by atoms with E-state index in [1.54, 1.807) is 6.08 Å². The predicted molar refractivity (Wildman–Crippen MR) is 65.6 cm³/mol. The fourth-order valence-corrected chi connectivity index (χ4v) is 1.69. The van der Waals surface area contributed by atoms with Gasteiger partial charge in [-0.25, -0.2) is 0 Å². The second-order valence-corrected chi connectivity index (χ2v) is 4.66. The highest BCUT2D eigenvalue weighted by Crippen LogP contribution is 2.23. The van der Waals surface area contributed by atoms with Crippen molar-refractivity contribution in [2.45, 2.75) is 40.5 Å². The predicted octanol–water partition coefficient (Wildman–Crippen LogP) is 3.00. The summed E-state index contributed by atoms with van der Waals surface area (Å²) in [4.78, 5) is 11.9. The van der Waals surface area contributed by atoms with Crippen molar-refractivity contribution in [3.05, 3.63) is 12.7 Å². The normalized spacial score (nSPS) is 14.7. The highest BCUT2D eigenvalue weighted by Gasteiger charge is 2.24. The molecule has 1 amide bonds. The molecule has 0 rings (SSSR count). The zero-order chi connectivity index (χ0) is 11.8. The summed E-state index contributed by atoms with van der Waals surface area (Å²) in [7, 11) is 0. The Morgan fingerprint density at radius 1 is 1.40 bits per heavy atom. The van der Waals surface area contributed by atoms with Crippen LogP contribution in [-0.4, -0.2) is 12.5 Å². The molecule has 0 aromatic carbocycles. The quantitative estimate of drug-likeness (QED) is 0.644. The number of hydrogen-bond acceptors (Lipinski definition) is 1. The zero-order valence-electron chi connectivity index (χ0n) is 10.5. The van der Waals surface area contributed by atoms with Crippen LogP contribution in [0.15, 0.2) is 12.7 Å². The molecule has 0 aliphatic heterocycles. The van der Waals surface area contributed by atoms with Gasteiger partial charge in [0.15, 0.2) is 0 Å². The Morgan fingerprint density at radius 3 is 2.40 bits per heavy atom. The number of amides is 1. The first-order chi connectivity index (χ1) is 7.02. The van der Waals surface area contributed by atoms with Crippen molar-refractivity contribution in [2.24, 2.45) is 17.8 Å². The molecule has 0 spiro atoms. The van der Waals surface area contributed by atoms with Crippen LogP contribution in [-0.2, 0) is 4.79 Å². The molecule has 0 bridgehead atoms. The lowest BCUT2D eigenvalue weighted by Gasteiger charge is -2.23. The number of nitrogens with one attached hydrogen (secondary N) is 1. The van der Waals surface area contributed by atoms with E-state index in [2.05, 4.69) is 39.6 Å². The first-order valence-corrected chi connectivity index (χ1v) is 5.91. The van der Waals surface area contributed by atoms with Crippen molar-refractivity contribution in [1.82, 2.24) is 5.32 Å². The molecule has 2 atom stereocenters. The topological polar surface area (TPSA) is 29.1 Å². The Bertz CT molecular complexity index is 199. The van der Waals surface area contributed by atoms with E-state index in [9.17, 15) is 4.79 Å². The highest BCUT2D eigenvalue weighted by molar-refractivity contribution is 5.79. The van der Waals surface area contributed by atoms with Gasteiger partial charge in [0.2, 0.25) is 5.91 Å². The molecular formula is C13H25NO. The van der Waals surface area contributed by atoms with E-state index >= 15 is 0 Å². The maximum Gasteiger partial charge on any atom is 0.223 e. The molecule has 0 aliphatic carbocycles. The Balaban J connectivity index is 4.33. The third-order valence-electron chi connectivity index (χ3n) is 2.81. The van der Waals surface area contributed by atoms with Crippen LogP contribution < -0.4 is 5.32 Å². The molecule has 0 saturated heterocycles. The Kier molecular flexibility index (Phi) is 7.10. The van der Waals surface area contributed by atoms with Crippen molar-refractivity contribution in [2.75, 3.05) is 6.54 Å². The molecule has 2 nitrogen and oxygen atoms in total. The summed E-state index contributed by atoms with van der Waals surface area (Å²) in [6, 6.07) is 0. The number of rotatable bonds is 7. The average Bonchev–Trinajstić information content (AvgIpc) is 2.21. The zero-order valence-corrected chi connectivity index (χ0v) is 10.5. The Morgan fingerprint density at radius 2 is 2.00 bits per heavy atom. The van der Waals surface area contributed by atoms with Crippen LogP contribution in [0.4, 0.5) is 0 Å². The number of hydrogen-bond donors (Lipinski definition) is 1. The molecule has 0 aliphatic rings. The van der Waals surface area contributed by atoms with Gasteiger partial charge in [-0.15, -0.1) is 6.58 Å².